The molecule has 0 saturated heterocycles. The molecular formula is C15H20FN3. The Bertz CT molecular complexity index is 504. The lowest BCUT2D eigenvalue weighted by atomic mass is 9.96. The van der Waals surface area contributed by atoms with Gasteiger partial charge in [0, 0.05) is 18.5 Å². The summed E-state index contributed by atoms with van der Waals surface area (Å²) in [6.07, 6.45) is 4.56. The van der Waals surface area contributed by atoms with Gasteiger partial charge >= 0.3 is 0 Å². The number of nitrogens with zero attached hydrogens (tertiary/aromatic N) is 2. The normalized spacial score (nSPS) is 21.3. The molecule has 3 rings (SSSR count). The van der Waals surface area contributed by atoms with Gasteiger partial charge in [0.15, 0.2) is 5.96 Å². The molecule has 1 aromatic carbocycles. The van der Waals surface area contributed by atoms with Crippen molar-refractivity contribution in [1.29, 1.82) is 0 Å². The summed E-state index contributed by atoms with van der Waals surface area (Å²) in [6, 6.07) is 7.45. The highest BCUT2D eigenvalue weighted by atomic mass is 19.1. The second-order valence-electron chi connectivity index (χ2n) is 5.81. The summed E-state index contributed by atoms with van der Waals surface area (Å²) in [6.45, 7) is 0.666. The Kier molecular flexibility index (Phi) is 2.96. The van der Waals surface area contributed by atoms with E-state index in [2.05, 4.69) is 9.89 Å². The van der Waals surface area contributed by atoms with E-state index in [9.17, 15) is 4.39 Å². The maximum atomic E-state index is 13.3. The van der Waals surface area contributed by atoms with Gasteiger partial charge < -0.3 is 10.6 Å². The van der Waals surface area contributed by atoms with Gasteiger partial charge in [-0.3, -0.25) is 4.99 Å². The minimum atomic E-state index is -0.171. The summed E-state index contributed by atoms with van der Waals surface area (Å²) in [7, 11) is 2.00. The average Bonchev–Trinajstić information content (AvgIpc) is 3.29. The van der Waals surface area contributed by atoms with E-state index >= 15 is 0 Å². The lowest BCUT2D eigenvalue weighted by molar-refractivity contribution is 0.485. The zero-order valence-corrected chi connectivity index (χ0v) is 11.3. The summed E-state index contributed by atoms with van der Waals surface area (Å²) in [5.41, 5.74) is 7.08. The number of guanidine groups is 1. The van der Waals surface area contributed by atoms with Gasteiger partial charge in [0.25, 0.3) is 0 Å². The maximum absolute atomic E-state index is 13.3. The summed E-state index contributed by atoms with van der Waals surface area (Å²) in [4.78, 5) is 6.58. The molecule has 2 aliphatic carbocycles. The predicted molar refractivity (Wildman–Crippen MR) is 74.6 cm³/mol. The van der Waals surface area contributed by atoms with Crippen LogP contribution in [0, 0.1) is 5.82 Å². The van der Waals surface area contributed by atoms with E-state index < -0.39 is 0 Å². The number of benzene rings is 1. The Hall–Kier alpha value is -1.58. The van der Waals surface area contributed by atoms with Crippen LogP contribution in [-0.4, -0.2) is 30.5 Å². The van der Waals surface area contributed by atoms with Crippen molar-refractivity contribution in [3.63, 3.8) is 0 Å². The Labute approximate surface area is 113 Å². The van der Waals surface area contributed by atoms with Crippen molar-refractivity contribution in [3.8, 4) is 0 Å². The monoisotopic (exact) mass is 261 g/mol. The van der Waals surface area contributed by atoms with Crippen LogP contribution in [0.2, 0.25) is 0 Å². The highest BCUT2D eigenvalue weighted by Crippen LogP contribution is 2.48. The molecule has 0 heterocycles. The lowest BCUT2D eigenvalue weighted by Crippen LogP contribution is -2.36. The molecule has 0 atom stereocenters. The highest BCUT2D eigenvalue weighted by molar-refractivity contribution is 5.78. The smallest absolute Gasteiger partial charge is 0.191 e. The summed E-state index contributed by atoms with van der Waals surface area (Å²) < 4.78 is 13.3. The van der Waals surface area contributed by atoms with Crippen LogP contribution in [0.4, 0.5) is 4.39 Å². The van der Waals surface area contributed by atoms with Crippen molar-refractivity contribution in [2.75, 3.05) is 13.6 Å². The van der Waals surface area contributed by atoms with E-state index in [1.807, 2.05) is 13.1 Å². The Morgan fingerprint density at radius 2 is 2.21 bits per heavy atom. The molecule has 0 aliphatic heterocycles. The third-order valence-electron chi connectivity index (χ3n) is 4.29. The van der Waals surface area contributed by atoms with Gasteiger partial charge in [-0.15, -0.1) is 0 Å². The molecule has 19 heavy (non-hydrogen) atoms. The minimum Gasteiger partial charge on any atom is -0.370 e. The zero-order chi connectivity index (χ0) is 13.5. The molecule has 0 amide bonds. The van der Waals surface area contributed by atoms with Crippen LogP contribution in [0.1, 0.15) is 31.2 Å². The summed E-state index contributed by atoms with van der Waals surface area (Å²) >= 11 is 0. The van der Waals surface area contributed by atoms with E-state index in [1.54, 1.807) is 12.1 Å². The van der Waals surface area contributed by atoms with Gasteiger partial charge in [-0.25, -0.2) is 4.39 Å². The van der Waals surface area contributed by atoms with Crippen LogP contribution in [0.15, 0.2) is 29.3 Å². The van der Waals surface area contributed by atoms with Crippen LogP contribution < -0.4 is 5.73 Å². The molecular weight excluding hydrogens is 241 g/mol. The van der Waals surface area contributed by atoms with Gasteiger partial charge in [-0.1, -0.05) is 12.1 Å². The first-order valence-electron chi connectivity index (χ1n) is 6.90. The van der Waals surface area contributed by atoms with Crippen molar-refractivity contribution in [2.45, 2.75) is 37.1 Å². The van der Waals surface area contributed by atoms with Gasteiger partial charge in [-0.2, -0.15) is 0 Å². The average molecular weight is 261 g/mol. The number of halogens is 1. The molecule has 3 nitrogen and oxygen atoms in total. The Morgan fingerprint density at radius 1 is 1.47 bits per heavy atom. The van der Waals surface area contributed by atoms with Crippen LogP contribution in [-0.2, 0) is 5.41 Å². The first kappa shape index (κ1) is 12.5. The molecule has 2 fully saturated rings. The summed E-state index contributed by atoms with van der Waals surface area (Å²) in [5.74, 6) is 0.445. The van der Waals surface area contributed by atoms with Crippen LogP contribution >= 0.6 is 0 Å². The van der Waals surface area contributed by atoms with E-state index in [1.165, 1.54) is 18.9 Å². The van der Waals surface area contributed by atoms with Crippen molar-refractivity contribution in [2.24, 2.45) is 10.7 Å². The van der Waals surface area contributed by atoms with E-state index in [-0.39, 0.29) is 11.2 Å². The second kappa shape index (κ2) is 4.51. The molecule has 4 heteroatoms. The Balaban J connectivity index is 1.70. The molecule has 0 radical (unpaired) electrons. The molecule has 0 unspecified atom stereocenters. The number of rotatable bonds is 4. The number of hydrogen-bond donors (Lipinski definition) is 1. The zero-order valence-electron chi connectivity index (χ0n) is 11.3. The first-order valence-corrected chi connectivity index (χ1v) is 6.90. The lowest BCUT2D eigenvalue weighted by Gasteiger charge is -2.19. The molecule has 1 aromatic rings. The fourth-order valence-corrected chi connectivity index (χ4v) is 2.50. The van der Waals surface area contributed by atoms with Crippen molar-refractivity contribution < 1.29 is 4.39 Å². The standard InChI is InChI=1S/C15H20FN3/c1-19(13-5-6-13)14(17)18-10-15(7-8-15)11-3-2-4-12(16)9-11/h2-4,9,13H,5-8,10H2,1H3,(H2,17,18). The van der Waals surface area contributed by atoms with Gasteiger partial charge in [0.05, 0.1) is 6.54 Å². The van der Waals surface area contributed by atoms with Crippen molar-refractivity contribution >= 4 is 5.96 Å². The van der Waals surface area contributed by atoms with Crippen LogP contribution in [0.25, 0.3) is 0 Å². The molecule has 2 N–H and O–H groups in total. The SMILES string of the molecule is CN(C(N)=NCC1(c2cccc(F)c2)CC1)C1CC1. The van der Waals surface area contributed by atoms with Crippen LogP contribution in [0.5, 0.6) is 0 Å². The molecule has 2 aliphatic rings. The highest BCUT2D eigenvalue weighted by Gasteiger charge is 2.44. The van der Waals surface area contributed by atoms with Crippen LogP contribution in [0.3, 0.4) is 0 Å². The van der Waals surface area contributed by atoms with E-state index in [0.717, 1.165) is 18.4 Å². The largest absolute Gasteiger partial charge is 0.370 e. The van der Waals surface area contributed by atoms with Gasteiger partial charge in [0.2, 0.25) is 0 Å². The number of hydrogen-bond acceptors (Lipinski definition) is 1. The van der Waals surface area contributed by atoms with Crippen molar-refractivity contribution in [1.82, 2.24) is 4.90 Å². The van der Waals surface area contributed by atoms with E-state index in [4.69, 9.17) is 5.73 Å². The summed E-state index contributed by atoms with van der Waals surface area (Å²) in [5, 5.41) is 0. The predicted octanol–water partition coefficient (Wildman–Crippen LogP) is 2.27. The first-order chi connectivity index (χ1) is 9.11. The molecule has 102 valence electrons. The quantitative estimate of drug-likeness (QED) is 0.667. The number of nitrogens with two attached hydrogens (primary N) is 1. The minimum absolute atomic E-state index is 0.0249. The topological polar surface area (TPSA) is 41.6 Å². The molecule has 0 spiro atoms. The Morgan fingerprint density at radius 3 is 2.79 bits per heavy atom. The molecule has 0 bridgehead atoms. The number of aliphatic imine (C=N–C) groups is 1. The fourth-order valence-electron chi connectivity index (χ4n) is 2.50. The fraction of sp³-hybridized carbons (Fsp3) is 0.533. The van der Waals surface area contributed by atoms with Crippen molar-refractivity contribution in [3.05, 3.63) is 35.6 Å². The third kappa shape index (κ3) is 2.57. The molecule has 0 aromatic heterocycles. The molecule has 2 saturated carbocycles. The maximum Gasteiger partial charge on any atom is 0.191 e. The third-order valence-corrected chi connectivity index (χ3v) is 4.29. The second-order valence-corrected chi connectivity index (χ2v) is 5.81. The van der Waals surface area contributed by atoms with E-state index in [0.29, 0.717) is 18.5 Å². The van der Waals surface area contributed by atoms with Gasteiger partial charge in [0.1, 0.15) is 5.82 Å². The van der Waals surface area contributed by atoms with Gasteiger partial charge in [-0.05, 0) is 43.4 Å².